The molecule has 0 aliphatic heterocycles. The van der Waals surface area contributed by atoms with Crippen LogP contribution in [-0.2, 0) is 15.7 Å². The van der Waals surface area contributed by atoms with Gasteiger partial charge in [0.25, 0.3) is 0 Å². The van der Waals surface area contributed by atoms with Crippen molar-refractivity contribution in [1.29, 1.82) is 0 Å². The van der Waals surface area contributed by atoms with Crippen LogP contribution in [0.5, 0.6) is 17.4 Å². The zero-order valence-corrected chi connectivity index (χ0v) is 13.9. The third-order valence-electron chi connectivity index (χ3n) is 3.02. The molecule has 1 heterocycles. The minimum Gasteiger partial charge on any atom is -0.479 e. The molecule has 25 heavy (non-hydrogen) atoms. The minimum absolute atomic E-state index is 0.161. The van der Waals surface area contributed by atoms with Crippen LogP contribution in [0.2, 0.25) is 5.02 Å². The van der Waals surface area contributed by atoms with Gasteiger partial charge in [-0.25, -0.2) is 9.78 Å². The summed E-state index contributed by atoms with van der Waals surface area (Å²) in [7, 11) is 1.25. The fraction of sp³-hybridized carbons (Fsp3) is 0.250. The molecule has 134 valence electrons. The first kappa shape index (κ1) is 18.9. The van der Waals surface area contributed by atoms with Crippen molar-refractivity contribution in [3.63, 3.8) is 0 Å². The Hall–Kier alpha value is -2.48. The molecule has 0 aliphatic carbocycles. The van der Waals surface area contributed by atoms with Gasteiger partial charge in [-0.05, 0) is 37.3 Å². The molecule has 0 amide bonds. The number of pyridine rings is 1. The number of ether oxygens (including phenoxy) is 3. The Morgan fingerprint density at radius 3 is 2.32 bits per heavy atom. The number of halogens is 4. The average Bonchev–Trinajstić information content (AvgIpc) is 2.56. The largest absolute Gasteiger partial charge is 0.479 e. The molecule has 0 aliphatic rings. The Bertz CT molecular complexity index is 750. The molecular formula is C16H13ClF3NO4. The van der Waals surface area contributed by atoms with Crippen molar-refractivity contribution in [2.45, 2.75) is 19.2 Å². The predicted octanol–water partition coefficient (Wildman–Crippen LogP) is 4.49. The van der Waals surface area contributed by atoms with Crippen LogP contribution in [0.4, 0.5) is 13.2 Å². The fourth-order valence-corrected chi connectivity index (χ4v) is 1.98. The van der Waals surface area contributed by atoms with Crippen LogP contribution in [-0.4, -0.2) is 24.2 Å². The van der Waals surface area contributed by atoms with Gasteiger partial charge in [-0.3, -0.25) is 0 Å². The summed E-state index contributed by atoms with van der Waals surface area (Å²) in [5.74, 6) is -0.0173. The van der Waals surface area contributed by atoms with Gasteiger partial charge >= 0.3 is 12.1 Å². The highest BCUT2D eigenvalue weighted by Gasteiger charge is 2.31. The lowest BCUT2D eigenvalue weighted by Gasteiger charge is -2.13. The summed E-state index contributed by atoms with van der Waals surface area (Å²) in [4.78, 5) is 14.9. The predicted molar refractivity (Wildman–Crippen MR) is 82.9 cm³/mol. The molecule has 0 spiro atoms. The lowest BCUT2D eigenvalue weighted by atomic mass is 10.3. The van der Waals surface area contributed by atoms with E-state index in [2.05, 4.69) is 9.72 Å². The second-order valence-electron chi connectivity index (χ2n) is 4.87. The first-order chi connectivity index (χ1) is 11.7. The van der Waals surface area contributed by atoms with Crippen molar-refractivity contribution < 1.29 is 32.2 Å². The van der Waals surface area contributed by atoms with Crippen molar-refractivity contribution in [2.75, 3.05) is 7.11 Å². The van der Waals surface area contributed by atoms with Crippen LogP contribution < -0.4 is 9.47 Å². The van der Waals surface area contributed by atoms with Crippen molar-refractivity contribution in [3.05, 3.63) is 47.1 Å². The van der Waals surface area contributed by atoms with Crippen molar-refractivity contribution >= 4 is 17.6 Å². The van der Waals surface area contributed by atoms with E-state index < -0.39 is 23.8 Å². The maximum absolute atomic E-state index is 12.6. The Labute approximate surface area is 146 Å². The molecule has 1 aromatic carbocycles. The molecule has 0 saturated carbocycles. The van der Waals surface area contributed by atoms with Crippen LogP contribution in [0.1, 0.15) is 12.5 Å². The van der Waals surface area contributed by atoms with Crippen LogP contribution in [0.3, 0.4) is 0 Å². The summed E-state index contributed by atoms with van der Waals surface area (Å²) < 4.78 is 53.0. The molecule has 0 radical (unpaired) electrons. The molecule has 1 atom stereocenters. The van der Waals surface area contributed by atoms with Gasteiger partial charge < -0.3 is 14.2 Å². The zero-order valence-electron chi connectivity index (χ0n) is 13.1. The third kappa shape index (κ3) is 4.99. The van der Waals surface area contributed by atoms with E-state index in [0.717, 1.165) is 6.07 Å². The quantitative estimate of drug-likeness (QED) is 0.721. The number of esters is 1. The molecule has 0 bridgehead atoms. The summed E-state index contributed by atoms with van der Waals surface area (Å²) in [5.41, 5.74) is -0.967. The molecular weight excluding hydrogens is 363 g/mol. The number of carbonyl (C=O) groups excluding carboxylic acids is 1. The van der Waals surface area contributed by atoms with Gasteiger partial charge in [0.1, 0.15) is 16.5 Å². The SMILES string of the molecule is COC(=O)[C@@H](C)Oc1ccc(Oc2ncc(C(F)(F)F)cc2Cl)cc1. The standard InChI is InChI=1S/C16H13ClF3NO4/c1-9(15(22)23-2)24-11-3-5-12(6-4-11)25-14-13(17)7-10(8-21-14)16(18,19)20/h3-9H,1-2H3/t9-/m1/s1. The Morgan fingerprint density at radius 2 is 1.80 bits per heavy atom. The maximum Gasteiger partial charge on any atom is 0.417 e. The lowest BCUT2D eigenvalue weighted by molar-refractivity contribution is -0.148. The van der Waals surface area contributed by atoms with Crippen LogP contribution >= 0.6 is 11.6 Å². The second-order valence-corrected chi connectivity index (χ2v) is 5.27. The highest BCUT2D eigenvalue weighted by Crippen LogP contribution is 2.34. The van der Waals surface area contributed by atoms with Gasteiger partial charge in [-0.2, -0.15) is 13.2 Å². The molecule has 2 aromatic rings. The molecule has 0 saturated heterocycles. The number of alkyl halides is 3. The number of benzene rings is 1. The van der Waals surface area contributed by atoms with Gasteiger partial charge in [-0.15, -0.1) is 0 Å². The second kappa shape index (κ2) is 7.60. The monoisotopic (exact) mass is 375 g/mol. The van der Waals surface area contributed by atoms with Crippen molar-refractivity contribution in [2.24, 2.45) is 0 Å². The highest BCUT2D eigenvalue weighted by molar-refractivity contribution is 6.31. The normalized spacial score (nSPS) is 12.4. The smallest absolute Gasteiger partial charge is 0.417 e. The number of hydrogen-bond donors (Lipinski definition) is 0. The molecule has 1 aromatic heterocycles. The summed E-state index contributed by atoms with van der Waals surface area (Å²) in [6.45, 7) is 1.53. The van der Waals surface area contributed by atoms with Crippen LogP contribution in [0.15, 0.2) is 36.5 Å². The maximum atomic E-state index is 12.6. The number of methoxy groups -OCH3 is 1. The van der Waals surface area contributed by atoms with E-state index in [1.54, 1.807) is 0 Å². The average molecular weight is 376 g/mol. The summed E-state index contributed by atoms with van der Waals surface area (Å²) in [6.07, 6.45) is -4.69. The van der Waals surface area contributed by atoms with Crippen LogP contribution in [0.25, 0.3) is 0 Å². The van der Waals surface area contributed by atoms with E-state index in [1.807, 2.05) is 0 Å². The molecule has 9 heteroatoms. The van der Waals surface area contributed by atoms with Gasteiger partial charge in [0.2, 0.25) is 5.88 Å². The van der Waals surface area contributed by atoms with Gasteiger partial charge in [0.05, 0.1) is 12.7 Å². The lowest BCUT2D eigenvalue weighted by Crippen LogP contribution is -2.24. The van der Waals surface area contributed by atoms with Crippen LogP contribution in [0, 0.1) is 0 Å². The van der Waals surface area contributed by atoms with Gasteiger partial charge in [-0.1, -0.05) is 11.6 Å². The number of carbonyl (C=O) groups is 1. The van der Waals surface area contributed by atoms with E-state index in [1.165, 1.54) is 38.3 Å². The first-order valence-electron chi connectivity index (χ1n) is 6.96. The molecule has 2 rings (SSSR count). The minimum atomic E-state index is -4.54. The third-order valence-corrected chi connectivity index (χ3v) is 3.29. The molecule has 5 nitrogen and oxygen atoms in total. The Kier molecular flexibility index (Phi) is 5.73. The Balaban J connectivity index is 2.08. The van der Waals surface area contributed by atoms with Crippen molar-refractivity contribution in [1.82, 2.24) is 4.98 Å². The molecule has 0 N–H and O–H groups in total. The number of aromatic nitrogens is 1. The zero-order chi connectivity index (χ0) is 18.6. The van der Waals surface area contributed by atoms with E-state index >= 15 is 0 Å². The number of nitrogens with zero attached hydrogens (tertiary/aromatic N) is 1. The van der Waals surface area contributed by atoms with E-state index in [0.29, 0.717) is 11.9 Å². The van der Waals surface area contributed by atoms with Gasteiger partial charge in [0, 0.05) is 6.20 Å². The van der Waals surface area contributed by atoms with E-state index in [9.17, 15) is 18.0 Å². The molecule has 0 unspecified atom stereocenters. The van der Waals surface area contributed by atoms with Gasteiger partial charge in [0.15, 0.2) is 6.10 Å². The summed E-state index contributed by atoms with van der Waals surface area (Å²) in [5, 5.41) is -0.269. The summed E-state index contributed by atoms with van der Waals surface area (Å²) >= 11 is 5.77. The van der Waals surface area contributed by atoms with E-state index in [-0.39, 0.29) is 16.7 Å². The van der Waals surface area contributed by atoms with E-state index in [4.69, 9.17) is 21.1 Å². The Morgan fingerprint density at radius 1 is 1.20 bits per heavy atom. The molecule has 0 fully saturated rings. The fourth-order valence-electron chi connectivity index (χ4n) is 1.77. The highest BCUT2D eigenvalue weighted by atomic mass is 35.5. The van der Waals surface area contributed by atoms with Crippen molar-refractivity contribution in [3.8, 4) is 17.4 Å². The summed E-state index contributed by atoms with van der Waals surface area (Å²) in [6, 6.07) is 6.77. The number of rotatable bonds is 5. The first-order valence-corrected chi connectivity index (χ1v) is 7.33. The number of hydrogen-bond acceptors (Lipinski definition) is 5. The topological polar surface area (TPSA) is 57.7 Å².